The Balaban J connectivity index is 1.22. The van der Waals surface area contributed by atoms with Crippen LogP contribution in [-0.4, -0.2) is 40.7 Å². The predicted octanol–water partition coefficient (Wildman–Crippen LogP) is 7.84. The zero-order chi connectivity index (χ0) is 33.9. The van der Waals surface area contributed by atoms with Gasteiger partial charge in [-0.1, -0.05) is 37.6 Å². The highest BCUT2D eigenvalue weighted by atomic mass is 35.5. The SMILES string of the molecule is C[C@@H](COc1ccnc2c1[C@H](C)CCC2)CC1Cc2ccc(OCCCC(N)=O)cc2C12CCC(Nc1cccc(Cl)c1)(C(=O)O)CC2. The van der Waals surface area contributed by atoms with E-state index in [1.165, 1.54) is 28.8 Å². The molecule has 1 fully saturated rings. The number of nitrogens with zero attached hydrogens (tertiary/aromatic N) is 1. The first-order chi connectivity index (χ1) is 23.1. The van der Waals surface area contributed by atoms with Gasteiger partial charge in [0.1, 0.15) is 17.0 Å². The van der Waals surface area contributed by atoms with Crippen LogP contribution in [0.5, 0.6) is 11.5 Å². The number of anilines is 1. The lowest BCUT2D eigenvalue weighted by Gasteiger charge is -2.47. The monoisotopic (exact) mass is 673 g/mol. The molecular weight excluding hydrogens is 626 g/mol. The Labute approximate surface area is 288 Å². The minimum absolute atomic E-state index is 0.185. The molecule has 6 rings (SSSR count). The van der Waals surface area contributed by atoms with Crippen molar-refractivity contribution in [3.05, 3.63) is 82.1 Å². The number of aryl methyl sites for hydroxylation is 1. The molecule has 0 aliphatic heterocycles. The van der Waals surface area contributed by atoms with E-state index >= 15 is 0 Å². The topological polar surface area (TPSA) is 124 Å². The molecule has 1 spiro atoms. The molecule has 48 heavy (non-hydrogen) atoms. The standard InChI is InChI=1S/C39H48ClN3O5/c1-25(24-48-34-13-18-42-33-9-3-6-26(2)36(33)34)20-28-21-27-11-12-31(47-19-5-10-35(41)44)23-32(27)38(28)14-16-39(17-15-38,37(45)46)43-30-8-4-7-29(40)22-30/h4,7-8,11-13,18,22-23,25-26,28,43H,3,5-6,9-10,14-17,19-21,24H2,1-2H3,(H2,41,44)(H,45,46)/t25-,26-,28?,38?,39?/m1/s1. The van der Waals surface area contributed by atoms with E-state index in [2.05, 4.69) is 36.3 Å². The summed E-state index contributed by atoms with van der Waals surface area (Å²) < 4.78 is 12.6. The fraction of sp³-hybridized carbons (Fsp3) is 0.513. The number of aromatic nitrogens is 1. The molecule has 3 aliphatic rings. The number of carboxylic acid groups (broad SMARTS) is 1. The number of nitrogens with two attached hydrogens (primary N) is 1. The number of nitrogens with one attached hydrogen (secondary N) is 1. The molecule has 9 heteroatoms. The first-order valence-electron chi connectivity index (χ1n) is 17.5. The lowest BCUT2D eigenvalue weighted by atomic mass is 9.59. The normalized spacial score (nSPS) is 25.1. The second-order valence-electron chi connectivity index (χ2n) is 14.4. The summed E-state index contributed by atoms with van der Waals surface area (Å²) in [5, 5.41) is 14.5. The zero-order valence-corrected chi connectivity index (χ0v) is 28.9. The van der Waals surface area contributed by atoms with Crippen molar-refractivity contribution in [1.82, 2.24) is 4.98 Å². The Kier molecular flexibility index (Phi) is 10.2. The quantitative estimate of drug-likeness (QED) is 0.158. The minimum Gasteiger partial charge on any atom is -0.494 e. The summed E-state index contributed by atoms with van der Waals surface area (Å²) in [6, 6.07) is 15.7. The molecule has 0 saturated heterocycles. The number of hydrogen-bond donors (Lipinski definition) is 3. The lowest BCUT2D eigenvalue weighted by molar-refractivity contribution is -0.144. The van der Waals surface area contributed by atoms with E-state index in [1.807, 2.05) is 30.5 Å². The van der Waals surface area contributed by atoms with Crippen molar-refractivity contribution in [2.75, 3.05) is 18.5 Å². The van der Waals surface area contributed by atoms with Crippen molar-refractivity contribution in [2.45, 2.75) is 101 Å². The van der Waals surface area contributed by atoms with Gasteiger partial charge in [-0.25, -0.2) is 4.79 Å². The molecule has 1 aromatic heterocycles. The average Bonchev–Trinajstić information content (AvgIpc) is 3.34. The Bertz CT molecular complexity index is 1640. The van der Waals surface area contributed by atoms with Crippen LogP contribution in [0.1, 0.15) is 99.9 Å². The van der Waals surface area contributed by atoms with Gasteiger partial charge < -0.3 is 25.6 Å². The van der Waals surface area contributed by atoms with Gasteiger partial charge in [-0.15, -0.1) is 0 Å². The number of amides is 1. The predicted molar refractivity (Wildman–Crippen MR) is 188 cm³/mol. The highest BCUT2D eigenvalue weighted by Gasteiger charge is 2.54. The van der Waals surface area contributed by atoms with Crippen LogP contribution < -0.4 is 20.5 Å². The molecular formula is C39H48ClN3O5. The highest BCUT2D eigenvalue weighted by molar-refractivity contribution is 6.30. The number of ether oxygens (including phenoxy) is 2. The molecule has 8 nitrogen and oxygen atoms in total. The maximum absolute atomic E-state index is 12.9. The Morgan fingerprint density at radius 3 is 2.69 bits per heavy atom. The number of halogens is 1. The van der Waals surface area contributed by atoms with E-state index < -0.39 is 11.5 Å². The van der Waals surface area contributed by atoms with Gasteiger partial charge in [0.25, 0.3) is 0 Å². The van der Waals surface area contributed by atoms with Crippen LogP contribution in [0.25, 0.3) is 0 Å². The van der Waals surface area contributed by atoms with Crippen molar-refractivity contribution in [1.29, 1.82) is 0 Å². The lowest BCUT2D eigenvalue weighted by Crippen LogP contribution is -2.53. The summed E-state index contributed by atoms with van der Waals surface area (Å²) in [4.78, 5) is 28.8. The highest BCUT2D eigenvalue weighted by Crippen LogP contribution is 2.56. The van der Waals surface area contributed by atoms with Gasteiger partial charge in [-0.3, -0.25) is 9.78 Å². The fourth-order valence-corrected chi connectivity index (χ4v) is 8.79. The van der Waals surface area contributed by atoms with Crippen molar-refractivity contribution >= 4 is 29.2 Å². The molecule has 0 radical (unpaired) electrons. The van der Waals surface area contributed by atoms with E-state index in [-0.39, 0.29) is 17.7 Å². The molecule has 3 aliphatic carbocycles. The van der Waals surface area contributed by atoms with Crippen LogP contribution in [0.4, 0.5) is 5.69 Å². The van der Waals surface area contributed by atoms with Crippen LogP contribution in [0.15, 0.2) is 54.7 Å². The molecule has 4 N–H and O–H groups in total. The number of pyridine rings is 1. The summed E-state index contributed by atoms with van der Waals surface area (Å²) in [7, 11) is 0. The van der Waals surface area contributed by atoms with Gasteiger partial charge >= 0.3 is 5.97 Å². The number of rotatable bonds is 13. The number of primary amides is 1. The number of fused-ring (bicyclic) bond motifs is 3. The summed E-state index contributed by atoms with van der Waals surface area (Å²) in [5.74, 6) is 1.65. The van der Waals surface area contributed by atoms with E-state index in [9.17, 15) is 14.7 Å². The van der Waals surface area contributed by atoms with Gasteiger partial charge in [0.2, 0.25) is 5.91 Å². The van der Waals surface area contributed by atoms with Crippen molar-refractivity contribution in [3.8, 4) is 11.5 Å². The van der Waals surface area contributed by atoms with E-state index in [4.69, 9.17) is 26.8 Å². The molecule has 0 bridgehead atoms. The van der Waals surface area contributed by atoms with Crippen LogP contribution in [0, 0.1) is 11.8 Å². The average molecular weight is 674 g/mol. The van der Waals surface area contributed by atoms with Crippen molar-refractivity contribution < 1.29 is 24.2 Å². The van der Waals surface area contributed by atoms with Gasteiger partial charge in [-0.2, -0.15) is 0 Å². The third kappa shape index (κ3) is 7.14. The number of aliphatic carboxylic acids is 1. The minimum atomic E-state index is -1.09. The summed E-state index contributed by atoms with van der Waals surface area (Å²) >= 11 is 6.26. The van der Waals surface area contributed by atoms with E-state index in [1.54, 1.807) is 12.1 Å². The number of carbonyl (C=O) groups excluding carboxylic acids is 1. The molecule has 1 amide bonds. The smallest absolute Gasteiger partial charge is 0.329 e. The summed E-state index contributed by atoms with van der Waals surface area (Å²) in [5.41, 5.74) is 9.79. The molecule has 1 saturated carbocycles. The summed E-state index contributed by atoms with van der Waals surface area (Å²) in [6.07, 6.45) is 10.4. The first kappa shape index (κ1) is 34.1. The Morgan fingerprint density at radius 1 is 1.12 bits per heavy atom. The maximum atomic E-state index is 12.9. The molecule has 256 valence electrons. The third-order valence-corrected chi connectivity index (χ3v) is 11.3. The third-order valence-electron chi connectivity index (χ3n) is 11.1. The molecule has 3 atom stereocenters. The molecule has 1 heterocycles. The van der Waals surface area contributed by atoms with Crippen molar-refractivity contribution in [3.63, 3.8) is 0 Å². The number of carboxylic acids is 1. The van der Waals surface area contributed by atoms with Crippen LogP contribution in [-0.2, 0) is 27.8 Å². The van der Waals surface area contributed by atoms with Gasteiger partial charge in [-0.05, 0) is 135 Å². The second kappa shape index (κ2) is 14.4. The van der Waals surface area contributed by atoms with Crippen LogP contribution in [0.3, 0.4) is 0 Å². The van der Waals surface area contributed by atoms with Crippen molar-refractivity contribution in [2.24, 2.45) is 17.6 Å². The van der Waals surface area contributed by atoms with Crippen LogP contribution in [0.2, 0.25) is 5.02 Å². The van der Waals surface area contributed by atoms with Crippen LogP contribution >= 0.6 is 11.6 Å². The Morgan fingerprint density at radius 2 is 1.94 bits per heavy atom. The Hall–Kier alpha value is -3.78. The number of hydrogen-bond acceptors (Lipinski definition) is 6. The fourth-order valence-electron chi connectivity index (χ4n) is 8.60. The first-order valence-corrected chi connectivity index (χ1v) is 17.9. The zero-order valence-electron chi connectivity index (χ0n) is 28.1. The number of carbonyl (C=O) groups is 2. The molecule has 3 aromatic rings. The number of benzene rings is 2. The van der Waals surface area contributed by atoms with Gasteiger partial charge in [0.05, 0.1) is 13.2 Å². The van der Waals surface area contributed by atoms with E-state index in [0.29, 0.717) is 60.9 Å². The van der Waals surface area contributed by atoms with Gasteiger partial charge in [0.15, 0.2) is 0 Å². The van der Waals surface area contributed by atoms with Gasteiger partial charge in [0, 0.05) is 34.6 Å². The molecule has 1 unspecified atom stereocenters. The second-order valence-corrected chi connectivity index (χ2v) is 14.9. The molecule has 2 aromatic carbocycles. The van der Waals surface area contributed by atoms with E-state index in [0.717, 1.165) is 50.0 Å². The largest absolute Gasteiger partial charge is 0.494 e. The summed E-state index contributed by atoms with van der Waals surface area (Å²) in [6.45, 7) is 5.57. The maximum Gasteiger partial charge on any atom is 0.329 e.